The Kier molecular flexibility index (Phi) is 5.57. The van der Waals surface area contributed by atoms with E-state index in [0.717, 1.165) is 30.2 Å². The summed E-state index contributed by atoms with van der Waals surface area (Å²) < 4.78 is 7.99. The molecule has 6 heteroatoms. The van der Waals surface area contributed by atoms with Crippen molar-refractivity contribution in [1.82, 2.24) is 15.2 Å². The van der Waals surface area contributed by atoms with Gasteiger partial charge in [0, 0.05) is 24.1 Å². The lowest BCUT2D eigenvalue weighted by Crippen LogP contribution is -2.49. The average molecular weight is 310 g/mol. The van der Waals surface area contributed by atoms with Crippen molar-refractivity contribution in [3.05, 3.63) is 18.0 Å². The van der Waals surface area contributed by atoms with E-state index in [-0.39, 0.29) is 12.1 Å². The van der Waals surface area contributed by atoms with Gasteiger partial charge >= 0.3 is 0 Å². The van der Waals surface area contributed by atoms with Crippen LogP contribution >= 0.6 is 11.8 Å². The average Bonchev–Trinajstić information content (AvgIpc) is 3.03. The molecule has 0 amide bonds. The molecule has 1 aliphatic heterocycles. The van der Waals surface area contributed by atoms with Crippen molar-refractivity contribution >= 4 is 11.8 Å². The number of nitrogens with zero attached hydrogens (tertiary/aromatic N) is 2. The number of hydrazine groups is 1. The van der Waals surface area contributed by atoms with Crippen molar-refractivity contribution in [1.29, 1.82) is 0 Å². The number of ether oxygens (including phenoxy) is 1. The van der Waals surface area contributed by atoms with Crippen LogP contribution in [0.1, 0.15) is 43.8 Å². The Labute approximate surface area is 131 Å². The summed E-state index contributed by atoms with van der Waals surface area (Å²) in [5, 5.41) is 4.78. The van der Waals surface area contributed by atoms with Gasteiger partial charge < -0.3 is 4.74 Å². The Morgan fingerprint density at radius 2 is 2.29 bits per heavy atom. The molecule has 2 aliphatic rings. The van der Waals surface area contributed by atoms with E-state index in [1.807, 2.05) is 11.8 Å². The Bertz CT molecular complexity index is 427. The lowest BCUT2D eigenvalue weighted by Gasteiger charge is -2.29. The molecule has 0 bridgehead atoms. The first-order valence-corrected chi connectivity index (χ1v) is 9.22. The zero-order valence-corrected chi connectivity index (χ0v) is 13.4. The third-order valence-corrected chi connectivity index (χ3v) is 5.57. The second-order valence-corrected chi connectivity index (χ2v) is 7.19. The number of nitrogens with one attached hydrogen (secondary N) is 1. The highest BCUT2D eigenvalue weighted by atomic mass is 32.2. The van der Waals surface area contributed by atoms with Gasteiger partial charge in [-0.25, -0.2) is 0 Å². The first-order valence-electron chi connectivity index (χ1n) is 8.06. The lowest BCUT2D eigenvalue weighted by atomic mass is 9.96. The third kappa shape index (κ3) is 4.00. The van der Waals surface area contributed by atoms with Crippen molar-refractivity contribution in [2.45, 2.75) is 56.7 Å². The van der Waals surface area contributed by atoms with E-state index >= 15 is 0 Å². The van der Waals surface area contributed by atoms with Crippen LogP contribution in [-0.4, -0.2) is 40.0 Å². The van der Waals surface area contributed by atoms with Gasteiger partial charge in [0.15, 0.2) is 0 Å². The molecule has 0 radical (unpaired) electrons. The minimum Gasteiger partial charge on any atom is -0.375 e. The highest BCUT2D eigenvalue weighted by Gasteiger charge is 2.25. The molecule has 1 saturated carbocycles. The van der Waals surface area contributed by atoms with Crippen LogP contribution in [0.25, 0.3) is 0 Å². The summed E-state index contributed by atoms with van der Waals surface area (Å²) in [6, 6.07) is 2.88. The van der Waals surface area contributed by atoms with Crippen LogP contribution in [-0.2, 0) is 11.2 Å². The maximum Gasteiger partial charge on any atom is 0.0835 e. The number of nitrogens with two attached hydrogens (primary N) is 1. The molecule has 1 aromatic heterocycles. The van der Waals surface area contributed by atoms with Gasteiger partial charge in [-0.15, -0.1) is 0 Å². The van der Waals surface area contributed by atoms with E-state index in [9.17, 15) is 0 Å². The Morgan fingerprint density at radius 3 is 3.00 bits per heavy atom. The number of thioether (sulfide) groups is 1. The molecule has 0 spiro atoms. The first-order chi connectivity index (χ1) is 10.4. The predicted molar refractivity (Wildman–Crippen MR) is 86.2 cm³/mol. The number of rotatable bonds is 5. The van der Waals surface area contributed by atoms with E-state index in [0.29, 0.717) is 6.04 Å². The summed E-state index contributed by atoms with van der Waals surface area (Å²) in [5.41, 5.74) is 4.04. The monoisotopic (exact) mass is 310 g/mol. The molecule has 3 N–H and O–H groups in total. The standard InChI is InChI=1S/C15H26N4OS/c16-17-14(15-11-21-9-8-20-15)10-12-6-7-19(18-12)13-4-2-1-3-5-13/h6-7,13-15,17H,1-5,8-11,16H2. The van der Waals surface area contributed by atoms with Gasteiger partial charge in [0.25, 0.3) is 0 Å². The van der Waals surface area contributed by atoms with Crippen molar-refractivity contribution in [2.24, 2.45) is 5.84 Å². The predicted octanol–water partition coefficient (Wildman–Crippen LogP) is 1.89. The van der Waals surface area contributed by atoms with Gasteiger partial charge in [0.2, 0.25) is 0 Å². The van der Waals surface area contributed by atoms with Crippen LogP contribution in [0.15, 0.2) is 12.3 Å². The van der Waals surface area contributed by atoms with Crippen LogP contribution in [0.4, 0.5) is 0 Å². The van der Waals surface area contributed by atoms with Crippen LogP contribution in [0.5, 0.6) is 0 Å². The van der Waals surface area contributed by atoms with Crippen molar-refractivity contribution in [2.75, 3.05) is 18.1 Å². The van der Waals surface area contributed by atoms with Gasteiger partial charge in [-0.3, -0.25) is 16.0 Å². The van der Waals surface area contributed by atoms with Crippen LogP contribution in [0.2, 0.25) is 0 Å². The molecule has 2 atom stereocenters. The second-order valence-electron chi connectivity index (χ2n) is 6.04. The minimum atomic E-state index is 0.146. The molecule has 118 valence electrons. The molecule has 3 rings (SSSR count). The normalized spacial score (nSPS) is 25.9. The molecule has 0 aromatic carbocycles. The second kappa shape index (κ2) is 7.63. The molecule has 1 saturated heterocycles. The van der Waals surface area contributed by atoms with Crippen molar-refractivity contribution in [3.63, 3.8) is 0 Å². The van der Waals surface area contributed by atoms with Crippen LogP contribution in [0.3, 0.4) is 0 Å². The molecule has 2 fully saturated rings. The third-order valence-electron chi connectivity index (χ3n) is 4.55. The van der Waals surface area contributed by atoms with E-state index in [1.165, 1.54) is 32.1 Å². The molecule has 2 heterocycles. The number of aromatic nitrogens is 2. The summed E-state index contributed by atoms with van der Waals surface area (Å²) in [4.78, 5) is 0. The van der Waals surface area contributed by atoms with E-state index < -0.39 is 0 Å². The highest BCUT2D eigenvalue weighted by molar-refractivity contribution is 7.99. The molecule has 21 heavy (non-hydrogen) atoms. The minimum absolute atomic E-state index is 0.146. The van der Waals surface area contributed by atoms with E-state index in [2.05, 4.69) is 22.4 Å². The van der Waals surface area contributed by atoms with E-state index in [4.69, 9.17) is 15.7 Å². The summed E-state index contributed by atoms with van der Waals surface area (Å²) in [6.45, 7) is 0.823. The van der Waals surface area contributed by atoms with Crippen molar-refractivity contribution in [3.8, 4) is 0 Å². The molecular weight excluding hydrogens is 284 g/mol. The van der Waals surface area contributed by atoms with Crippen molar-refractivity contribution < 1.29 is 4.74 Å². The molecular formula is C15H26N4OS. The molecule has 1 aliphatic carbocycles. The summed E-state index contributed by atoms with van der Waals surface area (Å²) in [6.07, 6.45) is 9.73. The van der Waals surface area contributed by atoms with E-state index in [1.54, 1.807) is 0 Å². The van der Waals surface area contributed by atoms with Crippen LogP contribution in [0, 0.1) is 0 Å². The summed E-state index contributed by atoms with van der Waals surface area (Å²) in [7, 11) is 0. The topological polar surface area (TPSA) is 65.1 Å². The Balaban J connectivity index is 1.59. The molecule has 1 aromatic rings. The molecule has 5 nitrogen and oxygen atoms in total. The zero-order valence-electron chi connectivity index (χ0n) is 12.5. The zero-order chi connectivity index (χ0) is 14.5. The fourth-order valence-corrected chi connectivity index (χ4v) is 4.24. The lowest BCUT2D eigenvalue weighted by molar-refractivity contribution is 0.0469. The van der Waals surface area contributed by atoms with Gasteiger partial charge in [-0.05, 0) is 18.9 Å². The van der Waals surface area contributed by atoms with Gasteiger partial charge in [0.1, 0.15) is 0 Å². The van der Waals surface area contributed by atoms with Gasteiger partial charge in [0.05, 0.1) is 30.5 Å². The van der Waals surface area contributed by atoms with Gasteiger partial charge in [-0.1, -0.05) is 19.3 Å². The van der Waals surface area contributed by atoms with Crippen LogP contribution < -0.4 is 11.3 Å². The SMILES string of the molecule is NNC(Cc1ccn(C2CCCCC2)n1)C1CSCCO1. The number of hydrogen-bond donors (Lipinski definition) is 2. The highest BCUT2D eigenvalue weighted by Crippen LogP contribution is 2.27. The summed E-state index contributed by atoms with van der Waals surface area (Å²) >= 11 is 1.94. The fourth-order valence-electron chi connectivity index (χ4n) is 3.30. The largest absolute Gasteiger partial charge is 0.375 e. The smallest absolute Gasteiger partial charge is 0.0835 e. The Hall–Kier alpha value is -0.560. The van der Waals surface area contributed by atoms with Gasteiger partial charge in [-0.2, -0.15) is 16.9 Å². The Morgan fingerprint density at radius 1 is 1.43 bits per heavy atom. The fraction of sp³-hybridized carbons (Fsp3) is 0.800. The maximum absolute atomic E-state index is 5.83. The first kappa shape index (κ1) is 15.3. The summed E-state index contributed by atoms with van der Waals surface area (Å²) in [5.74, 6) is 7.83. The molecule has 2 unspecified atom stereocenters. The number of hydrogen-bond acceptors (Lipinski definition) is 5. The maximum atomic E-state index is 5.83. The quantitative estimate of drug-likeness (QED) is 0.642.